The highest BCUT2D eigenvalue weighted by Gasteiger charge is 2.51. The van der Waals surface area contributed by atoms with Crippen molar-refractivity contribution in [1.82, 2.24) is 4.48 Å². The number of hydrogen-bond donors (Lipinski definition) is 1. The van der Waals surface area contributed by atoms with Crippen molar-refractivity contribution in [3.8, 4) is 5.75 Å². The van der Waals surface area contributed by atoms with E-state index in [1.807, 2.05) is 19.1 Å². The monoisotopic (exact) mass is 439 g/mol. The van der Waals surface area contributed by atoms with E-state index in [4.69, 9.17) is 16.3 Å². The number of quaternary nitrogens is 1. The Bertz CT molecular complexity index is 925. The number of nitrogens with zero attached hydrogens (tertiary/aromatic N) is 2. The van der Waals surface area contributed by atoms with E-state index in [9.17, 15) is 5.11 Å². The number of para-hydroxylation sites is 1. The van der Waals surface area contributed by atoms with Gasteiger partial charge in [-0.25, -0.2) is 4.39 Å². The molecule has 0 aromatic heterocycles. The van der Waals surface area contributed by atoms with Crippen LogP contribution in [0.4, 0.5) is 15.8 Å². The van der Waals surface area contributed by atoms with Gasteiger partial charge in [0.05, 0.1) is 7.11 Å². The summed E-state index contributed by atoms with van der Waals surface area (Å²) in [4.78, 5) is 4.48. The van der Waals surface area contributed by atoms with Gasteiger partial charge in [-0.15, -0.1) is 0 Å². The van der Waals surface area contributed by atoms with Gasteiger partial charge in [0, 0.05) is 18.6 Å². The third-order valence-corrected chi connectivity index (χ3v) is 5.52. The molecule has 0 fully saturated rings. The summed E-state index contributed by atoms with van der Waals surface area (Å²) in [6, 6.07) is 10.0. The van der Waals surface area contributed by atoms with Crippen molar-refractivity contribution < 1.29 is 14.2 Å². The molecule has 0 bridgehead atoms. The molecule has 2 aromatic carbocycles. The van der Waals surface area contributed by atoms with E-state index in [2.05, 4.69) is 20.9 Å². The van der Waals surface area contributed by atoms with Crippen LogP contribution >= 0.6 is 27.5 Å². The Hall–Kier alpha value is -1.73. The highest BCUT2D eigenvalue weighted by Crippen LogP contribution is 2.51. The normalized spacial score (nSPS) is 19.7. The standard InChI is InChI=1S/C19H18BrClFN2O2/c1-11-9-13(26-3)7-8-16(11)24(12(2)23-19(20)17(24)10-25)18-14(21)5-4-6-15(18)22/h4-9,25H,10H2,1-3H3/q+1. The largest absolute Gasteiger partial charge is 0.497 e. The van der Waals surface area contributed by atoms with Crippen LogP contribution in [0, 0.1) is 12.7 Å². The van der Waals surface area contributed by atoms with Gasteiger partial charge in [0.1, 0.15) is 17.4 Å². The van der Waals surface area contributed by atoms with Gasteiger partial charge in [-0.05, 0) is 47.1 Å². The third kappa shape index (κ3) is 2.68. The van der Waals surface area contributed by atoms with E-state index < -0.39 is 5.82 Å². The summed E-state index contributed by atoms with van der Waals surface area (Å²) in [6.07, 6.45) is 0. The number of ether oxygens (including phenoxy) is 1. The summed E-state index contributed by atoms with van der Waals surface area (Å²) in [6.45, 7) is 3.37. The molecular formula is C19H18BrClFN2O2+. The zero-order chi connectivity index (χ0) is 19.1. The predicted octanol–water partition coefficient (Wildman–Crippen LogP) is 5.42. The molecule has 0 aliphatic carbocycles. The van der Waals surface area contributed by atoms with Crippen LogP contribution in [0.25, 0.3) is 0 Å². The van der Waals surface area contributed by atoms with Crippen molar-refractivity contribution in [1.29, 1.82) is 0 Å². The molecule has 0 amide bonds. The van der Waals surface area contributed by atoms with Crippen LogP contribution in [0.5, 0.6) is 5.75 Å². The summed E-state index contributed by atoms with van der Waals surface area (Å²) < 4.78 is 20.6. The maximum Gasteiger partial charge on any atom is 0.216 e. The fraction of sp³-hybridized carbons (Fsp3) is 0.211. The number of methoxy groups -OCH3 is 1. The lowest BCUT2D eigenvalue weighted by molar-refractivity contribution is 0.309. The van der Waals surface area contributed by atoms with E-state index in [-0.39, 0.29) is 21.8 Å². The molecule has 0 saturated heterocycles. The average Bonchev–Trinajstić information content (AvgIpc) is 2.84. The first-order chi connectivity index (χ1) is 12.4. The van der Waals surface area contributed by atoms with Crippen LogP contribution < -0.4 is 9.22 Å². The quantitative estimate of drug-likeness (QED) is 0.509. The number of aliphatic hydroxyl groups is 1. The molecule has 0 radical (unpaired) electrons. The van der Waals surface area contributed by atoms with E-state index in [1.165, 1.54) is 6.07 Å². The van der Waals surface area contributed by atoms with Gasteiger partial charge in [-0.2, -0.15) is 9.48 Å². The van der Waals surface area contributed by atoms with Gasteiger partial charge < -0.3 is 9.84 Å². The number of benzene rings is 2. The Labute approximate surface area is 164 Å². The summed E-state index contributed by atoms with van der Waals surface area (Å²) in [5, 5.41) is 10.4. The second kappa shape index (κ2) is 7.12. The molecule has 0 spiro atoms. The lowest BCUT2D eigenvalue weighted by atomic mass is 10.1. The minimum Gasteiger partial charge on any atom is -0.497 e. The van der Waals surface area contributed by atoms with Crippen LogP contribution in [0.2, 0.25) is 5.02 Å². The topological polar surface area (TPSA) is 41.8 Å². The molecule has 1 aliphatic heterocycles. The van der Waals surface area contributed by atoms with Gasteiger partial charge in [0.2, 0.25) is 11.5 Å². The Kier molecular flexibility index (Phi) is 5.21. The Balaban J connectivity index is 2.45. The lowest BCUT2D eigenvalue weighted by Crippen LogP contribution is -2.47. The average molecular weight is 441 g/mol. The van der Waals surface area contributed by atoms with Gasteiger partial charge >= 0.3 is 0 Å². The molecule has 1 heterocycles. The van der Waals surface area contributed by atoms with Gasteiger partial charge in [-0.1, -0.05) is 17.7 Å². The molecule has 1 atom stereocenters. The molecule has 3 rings (SSSR count). The zero-order valence-electron chi connectivity index (χ0n) is 14.6. The molecule has 1 N–H and O–H groups in total. The number of aliphatic imine (C=N–C) groups is 1. The Morgan fingerprint density at radius 2 is 2.00 bits per heavy atom. The van der Waals surface area contributed by atoms with E-state index in [0.29, 0.717) is 21.9 Å². The summed E-state index contributed by atoms with van der Waals surface area (Å²) in [5.41, 5.74) is 2.30. The van der Waals surface area contributed by atoms with E-state index in [0.717, 1.165) is 11.3 Å². The highest BCUT2D eigenvalue weighted by atomic mass is 79.9. The second-order valence-electron chi connectivity index (χ2n) is 5.95. The number of hydrogen-bond acceptors (Lipinski definition) is 3. The van der Waals surface area contributed by atoms with Gasteiger partial charge in [-0.3, -0.25) is 0 Å². The summed E-state index contributed by atoms with van der Waals surface area (Å²) >= 11 is 9.84. The molecule has 2 aromatic rings. The summed E-state index contributed by atoms with van der Waals surface area (Å²) in [5.74, 6) is 0.781. The first kappa shape index (κ1) is 19.0. The number of halogens is 3. The lowest BCUT2D eigenvalue weighted by Gasteiger charge is -2.36. The van der Waals surface area contributed by atoms with Crippen molar-refractivity contribution in [2.24, 2.45) is 4.99 Å². The summed E-state index contributed by atoms with van der Waals surface area (Å²) in [7, 11) is 1.59. The van der Waals surface area contributed by atoms with Gasteiger partial charge in [0.15, 0.2) is 21.8 Å². The zero-order valence-corrected chi connectivity index (χ0v) is 16.9. The SMILES string of the molecule is COc1ccc([N+]2(c3c(F)cccc3Cl)C(C)=NC(Br)=C2CO)c(C)c1. The van der Waals surface area contributed by atoms with Crippen LogP contribution in [-0.2, 0) is 0 Å². The van der Waals surface area contributed by atoms with E-state index >= 15 is 4.39 Å². The van der Waals surface area contributed by atoms with Gasteiger partial charge in [0.25, 0.3) is 0 Å². The second-order valence-corrected chi connectivity index (χ2v) is 7.11. The van der Waals surface area contributed by atoms with Crippen molar-refractivity contribution in [2.45, 2.75) is 13.8 Å². The molecular weight excluding hydrogens is 423 g/mol. The Morgan fingerprint density at radius 1 is 1.27 bits per heavy atom. The van der Waals surface area contributed by atoms with Crippen molar-refractivity contribution in [3.05, 3.63) is 63.1 Å². The number of rotatable bonds is 4. The number of aryl methyl sites for hydroxylation is 1. The predicted molar refractivity (Wildman–Crippen MR) is 107 cm³/mol. The fourth-order valence-corrected chi connectivity index (χ4v) is 4.40. The maximum absolute atomic E-state index is 15.0. The molecule has 1 unspecified atom stereocenters. The highest BCUT2D eigenvalue weighted by molar-refractivity contribution is 9.11. The third-order valence-electron chi connectivity index (χ3n) is 4.58. The first-order valence-electron chi connectivity index (χ1n) is 7.92. The minimum absolute atomic E-state index is 0.196. The van der Waals surface area contributed by atoms with Crippen LogP contribution in [0.1, 0.15) is 12.5 Å². The van der Waals surface area contributed by atoms with Crippen LogP contribution in [0.3, 0.4) is 0 Å². The molecule has 26 heavy (non-hydrogen) atoms. The smallest absolute Gasteiger partial charge is 0.216 e. The maximum atomic E-state index is 15.0. The first-order valence-corrected chi connectivity index (χ1v) is 9.09. The Morgan fingerprint density at radius 3 is 2.58 bits per heavy atom. The molecule has 1 aliphatic rings. The fourth-order valence-electron chi connectivity index (χ4n) is 3.46. The van der Waals surface area contributed by atoms with Crippen molar-refractivity contribution >= 4 is 44.7 Å². The molecule has 0 saturated carbocycles. The molecule has 4 nitrogen and oxygen atoms in total. The minimum atomic E-state index is -0.476. The van der Waals surface area contributed by atoms with E-state index in [1.54, 1.807) is 32.2 Å². The number of aliphatic hydroxyl groups excluding tert-OH is 1. The molecule has 7 heteroatoms. The van der Waals surface area contributed by atoms with Crippen LogP contribution in [-0.4, -0.2) is 24.7 Å². The molecule has 136 valence electrons. The van der Waals surface area contributed by atoms with Crippen molar-refractivity contribution in [3.63, 3.8) is 0 Å². The van der Waals surface area contributed by atoms with Crippen LogP contribution in [0.15, 0.2) is 51.7 Å². The van der Waals surface area contributed by atoms with Crippen molar-refractivity contribution in [2.75, 3.05) is 13.7 Å². The number of amidine groups is 1.